The van der Waals surface area contributed by atoms with Crippen LogP contribution in [0.4, 0.5) is 0 Å². The fourth-order valence-corrected chi connectivity index (χ4v) is 4.06. The quantitative estimate of drug-likeness (QED) is 0.856. The van der Waals surface area contributed by atoms with E-state index in [0.717, 1.165) is 38.5 Å². The van der Waals surface area contributed by atoms with Crippen LogP contribution in [0, 0.1) is 5.92 Å². The fourth-order valence-electron chi connectivity index (χ4n) is 4.06. The van der Waals surface area contributed by atoms with E-state index in [-0.39, 0.29) is 5.41 Å². The molecule has 0 heterocycles. The summed E-state index contributed by atoms with van der Waals surface area (Å²) >= 11 is 0. The van der Waals surface area contributed by atoms with Crippen LogP contribution in [-0.4, -0.2) is 15.8 Å². The van der Waals surface area contributed by atoms with Gasteiger partial charge in [0.1, 0.15) is 5.75 Å². The van der Waals surface area contributed by atoms with Crippen LogP contribution in [0.2, 0.25) is 0 Å². The number of rotatable bonds is 4. The van der Waals surface area contributed by atoms with Gasteiger partial charge in [-0.05, 0) is 74.5 Å². The summed E-state index contributed by atoms with van der Waals surface area (Å²) < 4.78 is 0. The molecule has 2 N–H and O–H groups in total. The molecule has 0 bridgehead atoms. The summed E-state index contributed by atoms with van der Waals surface area (Å²) in [5.41, 5.74) is 1.05. The molecule has 1 aromatic rings. The van der Waals surface area contributed by atoms with Crippen LogP contribution in [0.25, 0.3) is 0 Å². The first kappa shape index (κ1) is 15.4. The first-order valence-electron chi connectivity index (χ1n) is 7.95. The molecule has 0 unspecified atom stereocenters. The molecule has 0 radical (unpaired) electrons. The molecule has 1 aromatic carbocycles. The molecule has 2 rings (SSSR count). The summed E-state index contributed by atoms with van der Waals surface area (Å²) in [5.74, 6) is 0.962. The van der Waals surface area contributed by atoms with Crippen LogP contribution < -0.4 is 0 Å². The minimum atomic E-state index is -0.474. The van der Waals surface area contributed by atoms with E-state index in [1.165, 1.54) is 5.56 Å². The molecule has 2 heteroatoms. The van der Waals surface area contributed by atoms with E-state index in [4.69, 9.17) is 0 Å². The van der Waals surface area contributed by atoms with Crippen molar-refractivity contribution in [3.8, 4) is 5.75 Å². The Morgan fingerprint density at radius 3 is 2.05 bits per heavy atom. The predicted octanol–water partition coefficient (Wildman–Crippen LogP) is 4.39. The summed E-state index contributed by atoms with van der Waals surface area (Å²) in [4.78, 5) is 0. The summed E-state index contributed by atoms with van der Waals surface area (Å²) in [6.07, 6.45) is 6.21. The van der Waals surface area contributed by atoms with Crippen LogP contribution in [0.3, 0.4) is 0 Å². The summed E-state index contributed by atoms with van der Waals surface area (Å²) in [6.45, 7) is 6.50. The van der Waals surface area contributed by atoms with E-state index in [1.54, 1.807) is 12.1 Å². The number of phenols is 1. The van der Waals surface area contributed by atoms with Gasteiger partial charge >= 0.3 is 0 Å². The SMILES string of the molecule is CCC(CC)(c1ccc(O)cc1)C1CCC(C)(O)CC1. The van der Waals surface area contributed by atoms with Crippen molar-refractivity contribution < 1.29 is 10.2 Å². The minimum Gasteiger partial charge on any atom is -0.508 e. The summed E-state index contributed by atoms with van der Waals surface area (Å²) in [6, 6.07) is 7.76. The van der Waals surface area contributed by atoms with Gasteiger partial charge in [-0.25, -0.2) is 0 Å². The Morgan fingerprint density at radius 2 is 1.60 bits per heavy atom. The standard InChI is InChI=1S/C18H28O2/c1-4-18(5-2,14-6-8-16(19)9-7-14)15-10-12-17(3,20)13-11-15/h6-9,15,19-20H,4-5,10-13H2,1-3H3. The average Bonchev–Trinajstić information content (AvgIpc) is 2.44. The van der Waals surface area contributed by atoms with Crippen LogP contribution in [0.15, 0.2) is 24.3 Å². The van der Waals surface area contributed by atoms with Crippen molar-refractivity contribution >= 4 is 0 Å². The molecule has 0 aliphatic heterocycles. The first-order valence-corrected chi connectivity index (χ1v) is 7.95. The van der Waals surface area contributed by atoms with Gasteiger partial charge in [0.05, 0.1) is 5.60 Å². The lowest BCUT2D eigenvalue weighted by Crippen LogP contribution is -2.40. The Labute approximate surface area is 122 Å². The van der Waals surface area contributed by atoms with Crippen LogP contribution in [0.5, 0.6) is 5.75 Å². The number of aromatic hydroxyl groups is 1. The van der Waals surface area contributed by atoms with Gasteiger partial charge in [-0.3, -0.25) is 0 Å². The van der Waals surface area contributed by atoms with Crippen LogP contribution in [-0.2, 0) is 5.41 Å². The number of hydrogen-bond donors (Lipinski definition) is 2. The molecule has 112 valence electrons. The Kier molecular flexibility index (Phi) is 4.43. The maximum absolute atomic E-state index is 10.2. The molecule has 1 aliphatic rings. The van der Waals surface area contributed by atoms with Gasteiger partial charge in [-0.2, -0.15) is 0 Å². The van der Waals surface area contributed by atoms with Crippen LogP contribution >= 0.6 is 0 Å². The van der Waals surface area contributed by atoms with Crippen molar-refractivity contribution in [2.45, 2.75) is 70.3 Å². The minimum absolute atomic E-state index is 0.185. The van der Waals surface area contributed by atoms with Crippen molar-refractivity contribution in [2.24, 2.45) is 5.92 Å². The molecular formula is C18H28O2. The highest BCUT2D eigenvalue weighted by atomic mass is 16.3. The van der Waals surface area contributed by atoms with E-state index in [9.17, 15) is 10.2 Å². The average molecular weight is 276 g/mol. The lowest BCUT2D eigenvalue weighted by atomic mass is 9.60. The van der Waals surface area contributed by atoms with Gasteiger partial charge in [0.25, 0.3) is 0 Å². The van der Waals surface area contributed by atoms with Crippen molar-refractivity contribution in [3.05, 3.63) is 29.8 Å². The lowest BCUT2D eigenvalue weighted by molar-refractivity contribution is -0.00708. The van der Waals surface area contributed by atoms with Crippen molar-refractivity contribution in [1.82, 2.24) is 0 Å². The molecule has 20 heavy (non-hydrogen) atoms. The third-order valence-electron chi connectivity index (χ3n) is 5.55. The zero-order valence-electron chi connectivity index (χ0n) is 13.0. The largest absolute Gasteiger partial charge is 0.508 e. The Bertz CT molecular complexity index is 419. The van der Waals surface area contributed by atoms with Gasteiger partial charge in [0.15, 0.2) is 0 Å². The van der Waals surface area contributed by atoms with Gasteiger partial charge < -0.3 is 10.2 Å². The molecule has 1 fully saturated rings. The Balaban J connectivity index is 2.28. The first-order chi connectivity index (χ1) is 9.43. The molecule has 0 spiro atoms. The number of hydrogen-bond acceptors (Lipinski definition) is 2. The molecule has 1 saturated carbocycles. The molecule has 1 aliphatic carbocycles. The van der Waals surface area contributed by atoms with Gasteiger partial charge in [0.2, 0.25) is 0 Å². The zero-order chi connectivity index (χ0) is 14.8. The summed E-state index contributed by atoms with van der Waals surface area (Å²) in [7, 11) is 0. The second-order valence-corrected chi connectivity index (χ2v) is 6.68. The second kappa shape index (κ2) is 5.77. The van der Waals surface area contributed by atoms with Crippen LogP contribution in [0.1, 0.15) is 64.9 Å². The summed E-state index contributed by atoms with van der Waals surface area (Å²) in [5, 5.41) is 19.7. The second-order valence-electron chi connectivity index (χ2n) is 6.68. The highest BCUT2D eigenvalue weighted by Gasteiger charge is 2.41. The lowest BCUT2D eigenvalue weighted by Gasteiger charge is -2.45. The molecule has 0 atom stereocenters. The third-order valence-corrected chi connectivity index (χ3v) is 5.55. The molecule has 0 saturated heterocycles. The maximum atomic E-state index is 10.2. The van der Waals surface area contributed by atoms with E-state index < -0.39 is 5.60 Å². The predicted molar refractivity (Wildman–Crippen MR) is 82.9 cm³/mol. The molecular weight excluding hydrogens is 248 g/mol. The monoisotopic (exact) mass is 276 g/mol. The third kappa shape index (κ3) is 2.85. The maximum Gasteiger partial charge on any atom is 0.115 e. The van der Waals surface area contributed by atoms with Crippen molar-refractivity contribution in [2.75, 3.05) is 0 Å². The number of phenolic OH excluding ortho intramolecular Hbond substituents is 1. The number of benzene rings is 1. The smallest absolute Gasteiger partial charge is 0.115 e. The topological polar surface area (TPSA) is 40.5 Å². The normalized spacial score (nSPS) is 27.5. The van der Waals surface area contributed by atoms with Gasteiger partial charge in [-0.15, -0.1) is 0 Å². The molecule has 2 nitrogen and oxygen atoms in total. The van der Waals surface area contributed by atoms with Gasteiger partial charge in [-0.1, -0.05) is 26.0 Å². The van der Waals surface area contributed by atoms with E-state index >= 15 is 0 Å². The Hall–Kier alpha value is -1.02. The van der Waals surface area contributed by atoms with Crippen molar-refractivity contribution in [3.63, 3.8) is 0 Å². The zero-order valence-corrected chi connectivity index (χ0v) is 13.0. The highest BCUT2D eigenvalue weighted by Crippen LogP contribution is 2.47. The number of aliphatic hydroxyl groups is 1. The Morgan fingerprint density at radius 1 is 1.10 bits per heavy atom. The van der Waals surface area contributed by atoms with E-state index in [0.29, 0.717) is 11.7 Å². The molecule has 0 aromatic heterocycles. The highest BCUT2D eigenvalue weighted by molar-refractivity contribution is 5.32. The van der Waals surface area contributed by atoms with Crippen molar-refractivity contribution in [1.29, 1.82) is 0 Å². The van der Waals surface area contributed by atoms with Gasteiger partial charge in [0, 0.05) is 0 Å². The van der Waals surface area contributed by atoms with E-state index in [1.807, 2.05) is 6.92 Å². The molecule has 0 amide bonds. The fraction of sp³-hybridized carbons (Fsp3) is 0.667. The van der Waals surface area contributed by atoms with E-state index in [2.05, 4.69) is 26.0 Å².